The third-order valence-corrected chi connectivity index (χ3v) is 3.80. The zero-order chi connectivity index (χ0) is 13.7. The van der Waals surface area contributed by atoms with E-state index >= 15 is 0 Å². The topological polar surface area (TPSA) is 75.1 Å². The van der Waals surface area contributed by atoms with Crippen LogP contribution in [0.15, 0.2) is 12.4 Å². The quantitative estimate of drug-likeness (QED) is 0.859. The Morgan fingerprint density at radius 3 is 2.84 bits per heavy atom. The van der Waals surface area contributed by atoms with Gasteiger partial charge in [-0.3, -0.25) is 9.78 Å². The highest BCUT2D eigenvalue weighted by atomic mass is 16.3. The van der Waals surface area contributed by atoms with Crippen molar-refractivity contribution >= 4 is 5.91 Å². The molecule has 0 bridgehead atoms. The van der Waals surface area contributed by atoms with Gasteiger partial charge in [-0.1, -0.05) is 6.42 Å². The van der Waals surface area contributed by atoms with Crippen LogP contribution in [-0.2, 0) is 0 Å². The van der Waals surface area contributed by atoms with Gasteiger partial charge in [-0.15, -0.1) is 0 Å². The molecule has 0 unspecified atom stereocenters. The minimum absolute atomic E-state index is 0.156. The highest BCUT2D eigenvalue weighted by molar-refractivity contribution is 5.93. The Bertz CT molecular complexity index is 436. The molecule has 1 fully saturated rings. The molecule has 1 aromatic heterocycles. The SMILES string of the molecule is Cc1nccnc1C(=O)NC[C@H]1CCC[C@@H](CO)C1. The summed E-state index contributed by atoms with van der Waals surface area (Å²) in [5, 5.41) is 12.1. The van der Waals surface area contributed by atoms with E-state index in [0.29, 0.717) is 29.8 Å². The highest BCUT2D eigenvalue weighted by Crippen LogP contribution is 2.28. The number of aromatic nitrogens is 2. The van der Waals surface area contributed by atoms with Crippen LogP contribution in [0.3, 0.4) is 0 Å². The summed E-state index contributed by atoms with van der Waals surface area (Å²) in [7, 11) is 0. The summed E-state index contributed by atoms with van der Waals surface area (Å²) in [6.07, 6.45) is 7.47. The largest absolute Gasteiger partial charge is 0.396 e. The molecule has 0 spiro atoms. The molecule has 5 heteroatoms. The Hall–Kier alpha value is -1.49. The van der Waals surface area contributed by atoms with Crippen LogP contribution in [0, 0.1) is 18.8 Å². The van der Waals surface area contributed by atoms with E-state index in [0.717, 1.165) is 25.7 Å². The van der Waals surface area contributed by atoms with Crippen LogP contribution < -0.4 is 5.32 Å². The van der Waals surface area contributed by atoms with Gasteiger partial charge < -0.3 is 10.4 Å². The fourth-order valence-electron chi connectivity index (χ4n) is 2.70. The van der Waals surface area contributed by atoms with Crippen LogP contribution in [0.4, 0.5) is 0 Å². The summed E-state index contributed by atoms with van der Waals surface area (Å²) >= 11 is 0. The predicted molar refractivity (Wildman–Crippen MR) is 71.6 cm³/mol. The number of nitrogens with one attached hydrogen (secondary N) is 1. The van der Waals surface area contributed by atoms with Crippen molar-refractivity contribution in [3.8, 4) is 0 Å². The maximum absolute atomic E-state index is 12.0. The molecular weight excluding hydrogens is 242 g/mol. The molecule has 1 amide bonds. The average Bonchev–Trinajstić information content (AvgIpc) is 2.45. The third kappa shape index (κ3) is 3.73. The summed E-state index contributed by atoms with van der Waals surface area (Å²) in [4.78, 5) is 20.1. The molecule has 0 aromatic carbocycles. The summed E-state index contributed by atoms with van der Waals surface area (Å²) < 4.78 is 0. The summed E-state index contributed by atoms with van der Waals surface area (Å²) in [5.41, 5.74) is 1.05. The molecule has 0 saturated heterocycles. The number of amides is 1. The number of hydrogen-bond donors (Lipinski definition) is 2. The Morgan fingerprint density at radius 1 is 1.37 bits per heavy atom. The molecule has 2 N–H and O–H groups in total. The third-order valence-electron chi connectivity index (χ3n) is 3.80. The molecule has 1 aliphatic carbocycles. The average molecular weight is 263 g/mol. The number of carbonyl (C=O) groups is 1. The van der Waals surface area contributed by atoms with Gasteiger partial charge in [0.2, 0.25) is 0 Å². The second kappa shape index (κ2) is 6.61. The molecule has 104 valence electrons. The van der Waals surface area contributed by atoms with E-state index in [9.17, 15) is 9.90 Å². The van der Waals surface area contributed by atoms with Gasteiger partial charge in [0.1, 0.15) is 5.69 Å². The maximum atomic E-state index is 12.0. The monoisotopic (exact) mass is 263 g/mol. The molecular formula is C14H21N3O2. The fraction of sp³-hybridized carbons (Fsp3) is 0.643. The molecule has 2 rings (SSSR count). The Kier molecular flexibility index (Phi) is 4.85. The molecule has 19 heavy (non-hydrogen) atoms. The van der Waals surface area contributed by atoms with E-state index in [2.05, 4.69) is 15.3 Å². The van der Waals surface area contributed by atoms with Crippen LogP contribution in [0.25, 0.3) is 0 Å². The van der Waals surface area contributed by atoms with E-state index in [1.807, 2.05) is 0 Å². The van der Waals surface area contributed by atoms with Crippen molar-refractivity contribution in [2.45, 2.75) is 32.6 Å². The van der Waals surface area contributed by atoms with Crippen molar-refractivity contribution < 1.29 is 9.90 Å². The Balaban J connectivity index is 1.85. The van der Waals surface area contributed by atoms with Crippen molar-refractivity contribution in [1.29, 1.82) is 0 Å². The van der Waals surface area contributed by atoms with Crippen molar-refractivity contribution in [2.24, 2.45) is 11.8 Å². The minimum atomic E-state index is -0.156. The minimum Gasteiger partial charge on any atom is -0.396 e. The molecule has 2 atom stereocenters. The van der Waals surface area contributed by atoms with E-state index in [1.54, 1.807) is 13.1 Å². The molecule has 1 aliphatic rings. The second-order valence-corrected chi connectivity index (χ2v) is 5.28. The van der Waals surface area contributed by atoms with E-state index in [4.69, 9.17) is 0 Å². The molecule has 1 saturated carbocycles. The van der Waals surface area contributed by atoms with Gasteiger partial charge in [0.25, 0.3) is 5.91 Å². The number of aryl methyl sites for hydroxylation is 1. The first kappa shape index (κ1) is 13.9. The number of aliphatic hydroxyl groups excluding tert-OH is 1. The van der Waals surface area contributed by atoms with Gasteiger partial charge >= 0.3 is 0 Å². The molecule has 5 nitrogen and oxygen atoms in total. The molecule has 1 heterocycles. The Morgan fingerprint density at radius 2 is 2.11 bits per heavy atom. The first-order valence-electron chi connectivity index (χ1n) is 6.87. The Labute approximate surface area is 113 Å². The van der Waals surface area contributed by atoms with Gasteiger partial charge in [0.05, 0.1) is 5.69 Å². The molecule has 1 aromatic rings. The van der Waals surface area contributed by atoms with Crippen LogP contribution >= 0.6 is 0 Å². The van der Waals surface area contributed by atoms with Crippen LogP contribution in [0.5, 0.6) is 0 Å². The smallest absolute Gasteiger partial charge is 0.271 e. The summed E-state index contributed by atoms with van der Waals surface area (Å²) in [6.45, 7) is 2.70. The lowest BCUT2D eigenvalue weighted by atomic mass is 9.82. The van der Waals surface area contributed by atoms with Crippen LogP contribution in [-0.4, -0.2) is 34.1 Å². The van der Waals surface area contributed by atoms with E-state index in [1.165, 1.54) is 6.20 Å². The van der Waals surface area contributed by atoms with Crippen LogP contribution in [0.2, 0.25) is 0 Å². The first-order chi connectivity index (χ1) is 9.20. The number of carbonyl (C=O) groups excluding carboxylic acids is 1. The van der Waals surface area contributed by atoms with Gasteiger partial charge in [-0.25, -0.2) is 4.98 Å². The zero-order valence-electron chi connectivity index (χ0n) is 11.3. The first-order valence-corrected chi connectivity index (χ1v) is 6.87. The van der Waals surface area contributed by atoms with Gasteiger partial charge in [0, 0.05) is 25.5 Å². The second-order valence-electron chi connectivity index (χ2n) is 5.28. The predicted octanol–water partition coefficient (Wildman–Crippen LogP) is 1.31. The van der Waals surface area contributed by atoms with Gasteiger partial charge in [-0.2, -0.15) is 0 Å². The molecule has 0 aliphatic heterocycles. The van der Waals surface area contributed by atoms with Gasteiger partial charge in [-0.05, 0) is 38.0 Å². The lowest BCUT2D eigenvalue weighted by molar-refractivity contribution is 0.0928. The number of aliphatic hydroxyl groups is 1. The van der Waals surface area contributed by atoms with Crippen LogP contribution in [0.1, 0.15) is 41.9 Å². The lowest BCUT2D eigenvalue weighted by Crippen LogP contribution is -2.33. The fourth-order valence-corrected chi connectivity index (χ4v) is 2.70. The van der Waals surface area contributed by atoms with Crippen molar-refractivity contribution in [2.75, 3.05) is 13.2 Å². The van der Waals surface area contributed by atoms with Gasteiger partial charge in [0.15, 0.2) is 0 Å². The zero-order valence-corrected chi connectivity index (χ0v) is 11.3. The number of hydrogen-bond acceptors (Lipinski definition) is 4. The summed E-state index contributed by atoms with van der Waals surface area (Å²) in [6, 6.07) is 0. The normalized spacial score (nSPS) is 23.1. The van der Waals surface area contributed by atoms with Crippen molar-refractivity contribution in [1.82, 2.24) is 15.3 Å². The van der Waals surface area contributed by atoms with Crippen molar-refractivity contribution in [3.63, 3.8) is 0 Å². The maximum Gasteiger partial charge on any atom is 0.271 e. The number of rotatable bonds is 4. The molecule has 0 radical (unpaired) electrons. The summed E-state index contributed by atoms with van der Waals surface area (Å²) in [5.74, 6) is 0.706. The van der Waals surface area contributed by atoms with E-state index < -0.39 is 0 Å². The van der Waals surface area contributed by atoms with E-state index in [-0.39, 0.29) is 12.5 Å². The lowest BCUT2D eigenvalue weighted by Gasteiger charge is -2.27. The highest BCUT2D eigenvalue weighted by Gasteiger charge is 2.22. The standard InChI is InChI=1S/C14H21N3O2/c1-10-13(16-6-5-15-10)14(19)17-8-11-3-2-4-12(7-11)9-18/h5-6,11-12,18H,2-4,7-9H2,1H3,(H,17,19)/t11-,12+/m0/s1. The number of nitrogens with zero attached hydrogens (tertiary/aromatic N) is 2. The van der Waals surface area contributed by atoms with Crippen molar-refractivity contribution in [3.05, 3.63) is 23.8 Å².